The minimum atomic E-state index is -4.04. The second kappa shape index (κ2) is 9.54. The van der Waals surface area contributed by atoms with Gasteiger partial charge in [-0.2, -0.15) is 0 Å². The van der Waals surface area contributed by atoms with Crippen molar-refractivity contribution in [1.82, 2.24) is 5.32 Å². The van der Waals surface area contributed by atoms with Gasteiger partial charge >= 0.3 is 0 Å². The van der Waals surface area contributed by atoms with E-state index in [1.807, 2.05) is 37.3 Å². The summed E-state index contributed by atoms with van der Waals surface area (Å²) in [6.07, 6.45) is 1.58. The largest absolute Gasteiger partial charge is 0.350 e. The molecule has 0 aliphatic rings. The van der Waals surface area contributed by atoms with Crippen LogP contribution in [0.2, 0.25) is 0 Å². The van der Waals surface area contributed by atoms with Gasteiger partial charge in [-0.05, 0) is 55.7 Å². The molecular weight excluding hydrogens is 403 g/mol. The lowest BCUT2D eigenvalue weighted by atomic mass is 10.1. The highest BCUT2D eigenvalue weighted by Crippen LogP contribution is 2.19. The normalized spacial score (nSPS) is 12.2. The predicted octanol–water partition coefficient (Wildman–Crippen LogP) is 4.38. The fraction of sp³-hybridized carbons (Fsp3) is 0.174. The Morgan fingerprint density at radius 1 is 0.967 bits per heavy atom. The molecule has 0 aromatic heterocycles. The number of aryl methyl sites for hydroxylation is 1. The number of para-hydroxylation sites is 1. The molecule has 0 heterocycles. The number of halogens is 1. The first-order valence-corrected chi connectivity index (χ1v) is 11.1. The molecule has 156 valence electrons. The third-order valence-electron chi connectivity index (χ3n) is 4.61. The fourth-order valence-electron chi connectivity index (χ4n) is 2.96. The number of hydrogen-bond donors (Lipinski definition) is 2. The first-order chi connectivity index (χ1) is 14.3. The van der Waals surface area contributed by atoms with E-state index >= 15 is 0 Å². The summed E-state index contributed by atoms with van der Waals surface area (Å²) in [5.74, 6) is -1.04. The van der Waals surface area contributed by atoms with Gasteiger partial charge in [-0.1, -0.05) is 48.5 Å². The van der Waals surface area contributed by atoms with Crippen molar-refractivity contribution in [3.05, 3.63) is 95.8 Å². The molecule has 0 radical (unpaired) electrons. The SMILES string of the molecule is CC(CCc1ccccc1)NC(=O)c1cccc(S(=O)(=O)Nc2ccccc2F)c1. The van der Waals surface area contributed by atoms with Gasteiger partial charge in [0.25, 0.3) is 15.9 Å². The molecule has 0 saturated carbocycles. The van der Waals surface area contributed by atoms with Crippen LogP contribution in [0.25, 0.3) is 0 Å². The highest BCUT2D eigenvalue weighted by Gasteiger charge is 2.18. The van der Waals surface area contributed by atoms with Crippen LogP contribution >= 0.6 is 0 Å². The second-order valence-corrected chi connectivity index (χ2v) is 8.69. The van der Waals surface area contributed by atoms with Crippen LogP contribution < -0.4 is 10.0 Å². The quantitative estimate of drug-likeness (QED) is 0.561. The van der Waals surface area contributed by atoms with Gasteiger partial charge in [-0.15, -0.1) is 0 Å². The third-order valence-corrected chi connectivity index (χ3v) is 5.97. The smallest absolute Gasteiger partial charge is 0.262 e. The van der Waals surface area contributed by atoms with Gasteiger partial charge < -0.3 is 5.32 Å². The fourth-order valence-corrected chi connectivity index (χ4v) is 4.07. The Bertz CT molecular complexity index is 1120. The number of anilines is 1. The van der Waals surface area contributed by atoms with Crippen molar-refractivity contribution in [3.8, 4) is 0 Å². The number of benzene rings is 3. The molecule has 2 N–H and O–H groups in total. The van der Waals surface area contributed by atoms with E-state index in [4.69, 9.17) is 0 Å². The zero-order valence-electron chi connectivity index (χ0n) is 16.5. The van der Waals surface area contributed by atoms with Crippen LogP contribution in [0.4, 0.5) is 10.1 Å². The summed E-state index contributed by atoms with van der Waals surface area (Å²) in [6, 6.07) is 21.0. The monoisotopic (exact) mass is 426 g/mol. The standard InChI is InChI=1S/C23H23FN2O3S/c1-17(14-15-18-8-3-2-4-9-18)25-23(27)19-10-7-11-20(16-19)30(28,29)26-22-13-6-5-12-21(22)24/h2-13,16-17,26H,14-15H2,1H3,(H,25,27). The van der Waals surface area contributed by atoms with E-state index in [1.165, 1.54) is 48.0 Å². The predicted molar refractivity (Wildman–Crippen MR) is 115 cm³/mol. The summed E-state index contributed by atoms with van der Waals surface area (Å²) >= 11 is 0. The Hall–Kier alpha value is -3.19. The number of amides is 1. The van der Waals surface area contributed by atoms with E-state index in [0.717, 1.165) is 12.8 Å². The van der Waals surface area contributed by atoms with Crippen LogP contribution in [-0.4, -0.2) is 20.4 Å². The number of rotatable bonds is 8. The van der Waals surface area contributed by atoms with Gasteiger partial charge in [-0.3, -0.25) is 9.52 Å². The Morgan fingerprint density at radius 2 is 1.67 bits per heavy atom. The van der Waals surface area contributed by atoms with Crippen LogP contribution in [0.5, 0.6) is 0 Å². The van der Waals surface area contributed by atoms with Crippen molar-refractivity contribution >= 4 is 21.6 Å². The number of sulfonamides is 1. The minimum absolute atomic E-state index is 0.0884. The highest BCUT2D eigenvalue weighted by atomic mass is 32.2. The minimum Gasteiger partial charge on any atom is -0.350 e. The molecule has 5 nitrogen and oxygen atoms in total. The molecular formula is C23H23FN2O3S. The van der Waals surface area contributed by atoms with Crippen LogP contribution in [-0.2, 0) is 16.4 Å². The summed E-state index contributed by atoms with van der Waals surface area (Å²) in [5, 5.41) is 2.89. The molecule has 7 heteroatoms. The van der Waals surface area contributed by atoms with Crippen LogP contribution in [0.1, 0.15) is 29.3 Å². The lowest BCUT2D eigenvalue weighted by Gasteiger charge is -2.15. The van der Waals surface area contributed by atoms with Gasteiger partial charge in [-0.25, -0.2) is 12.8 Å². The lowest BCUT2D eigenvalue weighted by molar-refractivity contribution is 0.0938. The van der Waals surface area contributed by atoms with Crippen molar-refractivity contribution < 1.29 is 17.6 Å². The molecule has 0 fully saturated rings. The average molecular weight is 427 g/mol. The molecule has 0 saturated heterocycles. The molecule has 0 aliphatic carbocycles. The van der Waals surface area contributed by atoms with Gasteiger partial charge in [0.05, 0.1) is 10.6 Å². The van der Waals surface area contributed by atoms with Crippen molar-refractivity contribution in [2.75, 3.05) is 4.72 Å². The number of carbonyl (C=O) groups is 1. The molecule has 1 unspecified atom stereocenters. The van der Waals surface area contributed by atoms with Crippen LogP contribution in [0, 0.1) is 5.82 Å². The number of carbonyl (C=O) groups excluding carboxylic acids is 1. The van der Waals surface area contributed by atoms with Crippen molar-refractivity contribution in [2.24, 2.45) is 0 Å². The summed E-state index contributed by atoms with van der Waals surface area (Å²) in [4.78, 5) is 12.5. The van der Waals surface area contributed by atoms with Gasteiger partial charge in [0, 0.05) is 11.6 Å². The highest BCUT2D eigenvalue weighted by molar-refractivity contribution is 7.92. The molecule has 0 bridgehead atoms. The molecule has 30 heavy (non-hydrogen) atoms. The van der Waals surface area contributed by atoms with E-state index < -0.39 is 15.8 Å². The molecule has 0 spiro atoms. The summed E-state index contributed by atoms with van der Waals surface area (Å²) < 4.78 is 41.2. The summed E-state index contributed by atoms with van der Waals surface area (Å²) in [6.45, 7) is 1.90. The Labute approximate surface area is 176 Å². The van der Waals surface area contributed by atoms with E-state index in [9.17, 15) is 17.6 Å². The molecule has 1 amide bonds. The molecule has 3 rings (SSSR count). The lowest BCUT2D eigenvalue weighted by Crippen LogP contribution is -2.33. The average Bonchev–Trinajstić information content (AvgIpc) is 2.74. The number of nitrogens with one attached hydrogen (secondary N) is 2. The zero-order valence-corrected chi connectivity index (χ0v) is 17.3. The van der Waals surface area contributed by atoms with Crippen molar-refractivity contribution in [2.45, 2.75) is 30.7 Å². The maximum Gasteiger partial charge on any atom is 0.262 e. The first-order valence-electron chi connectivity index (χ1n) is 9.57. The molecule has 1 atom stereocenters. The van der Waals surface area contributed by atoms with E-state index in [-0.39, 0.29) is 28.1 Å². The Morgan fingerprint density at radius 3 is 2.40 bits per heavy atom. The van der Waals surface area contributed by atoms with Gasteiger partial charge in [0.15, 0.2) is 0 Å². The topological polar surface area (TPSA) is 75.3 Å². The zero-order chi connectivity index (χ0) is 21.6. The van der Waals surface area contributed by atoms with Crippen molar-refractivity contribution in [1.29, 1.82) is 0 Å². The van der Waals surface area contributed by atoms with E-state index in [2.05, 4.69) is 10.0 Å². The molecule has 3 aromatic carbocycles. The second-order valence-electron chi connectivity index (χ2n) is 7.01. The maximum absolute atomic E-state index is 13.8. The van der Waals surface area contributed by atoms with E-state index in [0.29, 0.717) is 0 Å². The first kappa shape index (κ1) is 21.5. The summed E-state index contributed by atoms with van der Waals surface area (Å²) in [7, 11) is -4.04. The molecule has 3 aromatic rings. The Kier molecular flexibility index (Phi) is 6.84. The number of hydrogen-bond acceptors (Lipinski definition) is 3. The Balaban J connectivity index is 1.66. The summed E-state index contributed by atoms with van der Waals surface area (Å²) in [5.41, 5.74) is 1.26. The van der Waals surface area contributed by atoms with Gasteiger partial charge in [0.1, 0.15) is 5.82 Å². The maximum atomic E-state index is 13.8. The van der Waals surface area contributed by atoms with E-state index in [1.54, 1.807) is 6.07 Å². The van der Waals surface area contributed by atoms with Crippen LogP contribution in [0.3, 0.4) is 0 Å². The van der Waals surface area contributed by atoms with Gasteiger partial charge in [0.2, 0.25) is 0 Å². The molecule has 0 aliphatic heterocycles. The van der Waals surface area contributed by atoms with Crippen LogP contribution in [0.15, 0.2) is 83.8 Å². The van der Waals surface area contributed by atoms with Crippen molar-refractivity contribution in [3.63, 3.8) is 0 Å². The third kappa shape index (κ3) is 5.67.